The van der Waals surface area contributed by atoms with E-state index in [4.69, 9.17) is 5.73 Å². The highest BCUT2D eigenvalue weighted by atomic mass is 16.6. The van der Waals surface area contributed by atoms with Crippen LogP contribution < -0.4 is 11.1 Å². The number of hydrogen-bond acceptors (Lipinski definition) is 7. The van der Waals surface area contributed by atoms with E-state index in [1.807, 2.05) is 0 Å². The van der Waals surface area contributed by atoms with Crippen molar-refractivity contribution in [3.8, 4) is 0 Å². The van der Waals surface area contributed by atoms with E-state index in [2.05, 4.69) is 20.8 Å². The maximum absolute atomic E-state index is 11.7. The van der Waals surface area contributed by atoms with Gasteiger partial charge < -0.3 is 11.1 Å². The van der Waals surface area contributed by atoms with Crippen LogP contribution in [0, 0.1) is 10.1 Å². The van der Waals surface area contributed by atoms with Crippen molar-refractivity contribution in [3.05, 3.63) is 34.4 Å². The highest BCUT2D eigenvalue weighted by Gasteiger charge is 2.10. The third kappa shape index (κ3) is 3.00. The summed E-state index contributed by atoms with van der Waals surface area (Å²) in [6, 6.07) is 5.59. The molecule has 2 rings (SSSR count). The summed E-state index contributed by atoms with van der Waals surface area (Å²) in [6.07, 6.45) is 0. The first kappa shape index (κ1) is 12.4. The second-order valence-corrected chi connectivity index (χ2v) is 3.55. The van der Waals surface area contributed by atoms with Gasteiger partial charge in [-0.1, -0.05) is 11.2 Å². The van der Waals surface area contributed by atoms with Crippen molar-refractivity contribution >= 4 is 23.2 Å². The number of rotatable bonds is 4. The largest absolute Gasteiger partial charge is 0.367 e. The van der Waals surface area contributed by atoms with Gasteiger partial charge in [-0.15, -0.1) is 0 Å². The zero-order valence-corrected chi connectivity index (χ0v) is 9.55. The van der Waals surface area contributed by atoms with Crippen LogP contribution in [0.1, 0.15) is 0 Å². The molecule has 0 aliphatic heterocycles. The first-order valence-corrected chi connectivity index (χ1v) is 5.12. The number of benzene rings is 1. The van der Waals surface area contributed by atoms with Crippen molar-refractivity contribution in [2.75, 3.05) is 11.1 Å². The van der Waals surface area contributed by atoms with Gasteiger partial charge in [0.2, 0.25) is 11.9 Å². The molecule has 19 heavy (non-hydrogen) atoms. The number of nitrogens with one attached hydrogen (secondary N) is 1. The SMILES string of the molecule is Nc1nnnn1CC(=O)Nc1cccc([N+](=O)[O-])c1. The number of tetrazole rings is 1. The van der Waals surface area contributed by atoms with Gasteiger partial charge in [0, 0.05) is 17.8 Å². The third-order valence-corrected chi connectivity index (χ3v) is 2.19. The zero-order chi connectivity index (χ0) is 13.8. The van der Waals surface area contributed by atoms with E-state index < -0.39 is 10.8 Å². The van der Waals surface area contributed by atoms with Crippen molar-refractivity contribution in [1.29, 1.82) is 0 Å². The van der Waals surface area contributed by atoms with Gasteiger partial charge >= 0.3 is 0 Å². The first-order chi connectivity index (χ1) is 9.06. The molecule has 0 bridgehead atoms. The highest BCUT2D eigenvalue weighted by molar-refractivity contribution is 5.90. The minimum atomic E-state index is -0.547. The van der Waals surface area contributed by atoms with Gasteiger partial charge in [0.25, 0.3) is 5.69 Å². The lowest BCUT2D eigenvalue weighted by molar-refractivity contribution is -0.384. The van der Waals surface area contributed by atoms with Crippen LogP contribution in [0.5, 0.6) is 0 Å². The molecule has 10 heteroatoms. The molecule has 0 saturated carbocycles. The van der Waals surface area contributed by atoms with Crippen molar-refractivity contribution < 1.29 is 9.72 Å². The number of anilines is 2. The molecular weight excluding hydrogens is 254 g/mol. The molecule has 1 aromatic heterocycles. The van der Waals surface area contributed by atoms with Crippen molar-refractivity contribution in [2.45, 2.75) is 6.54 Å². The predicted molar refractivity (Wildman–Crippen MR) is 64.0 cm³/mol. The summed E-state index contributed by atoms with van der Waals surface area (Å²) in [5, 5.41) is 23.3. The Balaban J connectivity index is 2.05. The van der Waals surface area contributed by atoms with Gasteiger partial charge in [0.1, 0.15) is 6.54 Å². The van der Waals surface area contributed by atoms with Crippen molar-refractivity contribution in [3.63, 3.8) is 0 Å². The Bertz CT molecular complexity index is 624. The van der Waals surface area contributed by atoms with Crippen LogP contribution in [0.15, 0.2) is 24.3 Å². The number of carbonyl (C=O) groups excluding carboxylic acids is 1. The maximum atomic E-state index is 11.7. The molecule has 0 spiro atoms. The van der Waals surface area contributed by atoms with Gasteiger partial charge in [-0.2, -0.15) is 0 Å². The molecule has 0 fully saturated rings. The molecule has 3 N–H and O–H groups in total. The molecule has 0 saturated heterocycles. The molecule has 0 radical (unpaired) electrons. The molecule has 10 nitrogen and oxygen atoms in total. The first-order valence-electron chi connectivity index (χ1n) is 5.12. The number of nitrogen functional groups attached to an aromatic ring is 1. The number of carbonyl (C=O) groups is 1. The van der Waals surface area contributed by atoms with Crippen molar-refractivity contribution in [1.82, 2.24) is 20.2 Å². The number of amides is 1. The van der Waals surface area contributed by atoms with Gasteiger partial charge in [0.15, 0.2) is 0 Å². The van der Waals surface area contributed by atoms with E-state index in [1.165, 1.54) is 24.3 Å². The molecule has 1 aromatic carbocycles. The van der Waals surface area contributed by atoms with Crippen LogP contribution in [0.25, 0.3) is 0 Å². The minimum absolute atomic E-state index is 0.00851. The van der Waals surface area contributed by atoms with E-state index in [9.17, 15) is 14.9 Å². The number of nitro groups is 1. The van der Waals surface area contributed by atoms with Gasteiger partial charge in [0.05, 0.1) is 4.92 Å². The van der Waals surface area contributed by atoms with Crippen LogP contribution >= 0.6 is 0 Å². The Morgan fingerprint density at radius 2 is 2.32 bits per heavy atom. The van der Waals surface area contributed by atoms with E-state index in [0.29, 0.717) is 5.69 Å². The molecular formula is C9H9N7O3. The summed E-state index contributed by atoms with van der Waals surface area (Å²) in [5.41, 5.74) is 5.60. The number of nitrogens with zero attached hydrogens (tertiary/aromatic N) is 5. The number of non-ortho nitro benzene ring substituents is 1. The molecule has 1 amide bonds. The smallest absolute Gasteiger partial charge is 0.271 e. The normalized spacial score (nSPS) is 10.1. The fourth-order valence-corrected chi connectivity index (χ4v) is 1.36. The predicted octanol–water partition coefficient (Wildman–Crippen LogP) is -0.198. The van der Waals surface area contributed by atoms with Crippen LogP contribution in [0.3, 0.4) is 0 Å². The maximum Gasteiger partial charge on any atom is 0.271 e. The van der Waals surface area contributed by atoms with E-state index in [-0.39, 0.29) is 18.2 Å². The second kappa shape index (κ2) is 5.08. The number of nitrogens with two attached hydrogens (primary N) is 1. The fraction of sp³-hybridized carbons (Fsp3) is 0.111. The van der Waals surface area contributed by atoms with E-state index >= 15 is 0 Å². The lowest BCUT2D eigenvalue weighted by Gasteiger charge is -2.05. The summed E-state index contributed by atoms with van der Waals surface area (Å²) in [4.78, 5) is 21.7. The Hall–Kier alpha value is -3.04. The Morgan fingerprint density at radius 3 is 2.95 bits per heavy atom. The molecule has 0 aliphatic rings. The van der Waals surface area contributed by atoms with Crippen molar-refractivity contribution in [2.24, 2.45) is 0 Å². The summed E-state index contributed by atoms with van der Waals surface area (Å²) < 4.78 is 1.10. The Labute approximate surface area is 106 Å². The third-order valence-electron chi connectivity index (χ3n) is 2.19. The van der Waals surface area contributed by atoms with Crippen LogP contribution in [0.2, 0.25) is 0 Å². The number of nitro benzene ring substituents is 1. The highest BCUT2D eigenvalue weighted by Crippen LogP contribution is 2.16. The standard InChI is InChI=1S/C9H9N7O3/c10-9-12-13-14-15(9)5-8(17)11-6-2-1-3-7(4-6)16(18)19/h1-4H,5H2,(H,11,17)(H2,10,12,14). The van der Waals surface area contributed by atoms with Gasteiger partial charge in [-0.3, -0.25) is 14.9 Å². The van der Waals surface area contributed by atoms with E-state index in [1.54, 1.807) is 0 Å². The summed E-state index contributed by atoms with van der Waals surface area (Å²) >= 11 is 0. The van der Waals surface area contributed by atoms with Gasteiger partial charge in [-0.25, -0.2) is 4.68 Å². The zero-order valence-electron chi connectivity index (χ0n) is 9.55. The summed E-state index contributed by atoms with van der Waals surface area (Å²) in [5.74, 6) is -0.436. The Morgan fingerprint density at radius 1 is 1.53 bits per heavy atom. The lowest BCUT2D eigenvalue weighted by atomic mass is 10.3. The monoisotopic (exact) mass is 263 g/mol. The lowest BCUT2D eigenvalue weighted by Crippen LogP contribution is -2.20. The number of hydrogen-bond donors (Lipinski definition) is 2. The molecule has 98 valence electrons. The average molecular weight is 263 g/mol. The summed E-state index contributed by atoms with van der Waals surface area (Å²) in [7, 11) is 0. The molecule has 0 atom stereocenters. The Kier molecular flexibility index (Phi) is 3.32. The molecule has 1 heterocycles. The molecule has 0 aliphatic carbocycles. The number of aromatic nitrogens is 4. The summed E-state index contributed by atoms with van der Waals surface area (Å²) in [6.45, 7) is -0.179. The van der Waals surface area contributed by atoms with E-state index in [0.717, 1.165) is 4.68 Å². The minimum Gasteiger partial charge on any atom is -0.367 e. The van der Waals surface area contributed by atoms with Gasteiger partial charge in [-0.05, 0) is 16.5 Å². The van der Waals surface area contributed by atoms with Crippen LogP contribution in [-0.2, 0) is 11.3 Å². The molecule has 2 aromatic rings. The fourth-order valence-electron chi connectivity index (χ4n) is 1.36. The topological polar surface area (TPSA) is 142 Å². The molecule has 0 unspecified atom stereocenters. The second-order valence-electron chi connectivity index (χ2n) is 3.55. The van der Waals surface area contributed by atoms with Crippen LogP contribution in [0.4, 0.5) is 17.3 Å². The quantitative estimate of drug-likeness (QED) is 0.574. The van der Waals surface area contributed by atoms with Crippen LogP contribution in [-0.4, -0.2) is 31.0 Å². The average Bonchev–Trinajstić information content (AvgIpc) is 2.75.